The molecule has 0 fully saturated rings. The van der Waals surface area contributed by atoms with Crippen LogP contribution in [0.3, 0.4) is 0 Å². The van der Waals surface area contributed by atoms with Gasteiger partial charge in [-0.1, -0.05) is 17.7 Å². The first-order chi connectivity index (χ1) is 14.3. The molecule has 4 rings (SSSR count). The van der Waals surface area contributed by atoms with Crippen LogP contribution in [-0.4, -0.2) is 26.9 Å². The van der Waals surface area contributed by atoms with Crippen LogP contribution in [0.25, 0.3) is 0 Å². The molecule has 0 saturated heterocycles. The SMILES string of the molecule is Cn1ncc2c1Nc1cc(Cl)ccc1N(C(=O)c1ccc(CNC(=O)O)c(F)c1)C2. The predicted molar refractivity (Wildman–Crippen MR) is 110 cm³/mol. The molecule has 10 heteroatoms. The summed E-state index contributed by atoms with van der Waals surface area (Å²) in [5, 5.41) is 18.8. The lowest BCUT2D eigenvalue weighted by Crippen LogP contribution is -2.30. The number of carbonyl (C=O) groups is 2. The average molecular weight is 430 g/mol. The predicted octanol–water partition coefficient (Wildman–Crippen LogP) is 3.88. The number of hydrogen-bond acceptors (Lipinski definition) is 4. The molecule has 0 unspecified atom stereocenters. The van der Waals surface area contributed by atoms with Crippen LogP contribution in [0.2, 0.25) is 5.02 Å². The van der Waals surface area contributed by atoms with Crippen LogP contribution >= 0.6 is 11.6 Å². The molecule has 0 saturated carbocycles. The number of hydrogen-bond donors (Lipinski definition) is 3. The lowest BCUT2D eigenvalue weighted by molar-refractivity contribution is 0.0985. The molecule has 0 atom stereocenters. The number of anilines is 3. The summed E-state index contributed by atoms with van der Waals surface area (Å²) in [6.45, 7) is 0.0389. The Bertz CT molecular complexity index is 1160. The van der Waals surface area contributed by atoms with Crippen molar-refractivity contribution in [1.29, 1.82) is 0 Å². The van der Waals surface area contributed by atoms with Gasteiger partial charge in [-0.05, 0) is 30.3 Å². The molecule has 1 aliphatic heterocycles. The number of carboxylic acid groups (broad SMARTS) is 1. The van der Waals surface area contributed by atoms with Gasteiger partial charge in [0.15, 0.2) is 0 Å². The number of nitrogens with zero attached hydrogens (tertiary/aromatic N) is 3. The zero-order chi connectivity index (χ0) is 21.4. The average Bonchev–Trinajstić information content (AvgIpc) is 2.95. The number of aryl methyl sites for hydroxylation is 1. The maximum Gasteiger partial charge on any atom is 0.404 e. The van der Waals surface area contributed by atoms with Crippen molar-refractivity contribution in [2.75, 3.05) is 10.2 Å². The van der Waals surface area contributed by atoms with E-state index >= 15 is 0 Å². The third kappa shape index (κ3) is 3.67. The van der Waals surface area contributed by atoms with Crippen LogP contribution in [0, 0.1) is 5.82 Å². The highest BCUT2D eigenvalue weighted by atomic mass is 35.5. The highest BCUT2D eigenvalue weighted by molar-refractivity contribution is 6.31. The van der Waals surface area contributed by atoms with E-state index in [1.165, 1.54) is 17.0 Å². The largest absolute Gasteiger partial charge is 0.465 e. The number of aromatic nitrogens is 2. The van der Waals surface area contributed by atoms with E-state index in [1.54, 1.807) is 36.1 Å². The molecule has 2 aromatic carbocycles. The molecule has 0 bridgehead atoms. The monoisotopic (exact) mass is 429 g/mol. The zero-order valence-electron chi connectivity index (χ0n) is 15.8. The molecule has 0 aliphatic carbocycles. The minimum atomic E-state index is -1.26. The quantitative estimate of drug-likeness (QED) is 0.586. The van der Waals surface area contributed by atoms with E-state index in [2.05, 4.69) is 15.7 Å². The van der Waals surface area contributed by atoms with Crippen LogP contribution in [0.15, 0.2) is 42.6 Å². The normalized spacial score (nSPS) is 12.4. The summed E-state index contributed by atoms with van der Waals surface area (Å²) in [5.74, 6) is -0.343. The molecule has 1 aromatic heterocycles. The first-order valence-corrected chi connectivity index (χ1v) is 9.36. The van der Waals surface area contributed by atoms with Crippen molar-refractivity contribution in [3.63, 3.8) is 0 Å². The van der Waals surface area contributed by atoms with Crippen LogP contribution < -0.4 is 15.5 Å². The minimum Gasteiger partial charge on any atom is -0.465 e. The van der Waals surface area contributed by atoms with E-state index in [9.17, 15) is 14.0 Å². The molecule has 2 amide bonds. The van der Waals surface area contributed by atoms with E-state index in [-0.39, 0.29) is 24.2 Å². The number of carbonyl (C=O) groups excluding carboxylic acids is 1. The van der Waals surface area contributed by atoms with Crippen molar-refractivity contribution in [1.82, 2.24) is 15.1 Å². The molecule has 1 aliphatic rings. The molecular weight excluding hydrogens is 413 g/mol. The molecule has 154 valence electrons. The Balaban J connectivity index is 1.71. The van der Waals surface area contributed by atoms with Gasteiger partial charge in [-0.25, -0.2) is 9.18 Å². The van der Waals surface area contributed by atoms with E-state index in [4.69, 9.17) is 16.7 Å². The minimum absolute atomic E-state index is 0.139. The van der Waals surface area contributed by atoms with Crippen molar-refractivity contribution >= 4 is 40.8 Å². The van der Waals surface area contributed by atoms with Gasteiger partial charge in [0.1, 0.15) is 11.6 Å². The topological polar surface area (TPSA) is 99.5 Å². The maximum absolute atomic E-state index is 14.5. The molecule has 30 heavy (non-hydrogen) atoms. The highest BCUT2D eigenvalue weighted by Crippen LogP contribution is 2.37. The first kappa shape index (κ1) is 19.7. The fraction of sp³-hybridized carbons (Fsp3) is 0.150. The van der Waals surface area contributed by atoms with Crippen molar-refractivity contribution < 1.29 is 19.1 Å². The van der Waals surface area contributed by atoms with E-state index < -0.39 is 17.8 Å². The number of benzene rings is 2. The molecule has 0 spiro atoms. The molecule has 0 radical (unpaired) electrons. The van der Waals surface area contributed by atoms with Gasteiger partial charge < -0.3 is 20.6 Å². The Morgan fingerprint density at radius 3 is 2.83 bits per heavy atom. The summed E-state index contributed by atoms with van der Waals surface area (Å²) in [5.41, 5.74) is 2.30. The molecule has 3 aromatic rings. The fourth-order valence-corrected chi connectivity index (χ4v) is 3.49. The summed E-state index contributed by atoms with van der Waals surface area (Å²) < 4.78 is 16.1. The van der Waals surface area contributed by atoms with Crippen LogP contribution in [0.5, 0.6) is 0 Å². The summed E-state index contributed by atoms with van der Waals surface area (Å²) in [4.78, 5) is 25.5. The first-order valence-electron chi connectivity index (χ1n) is 8.98. The van der Waals surface area contributed by atoms with E-state index in [1.807, 2.05) is 0 Å². The lowest BCUT2D eigenvalue weighted by atomic mass is 10.1. The maximum atomic E-state index is 14.5. The highest BCUT2D eigenvalue weighted by Gasteiger charge is 2.27. The number of fused-ring (bicyclic) bond motifs is 2. The lowest BCUT2D eigenvalue weighted by Gasteiger charge is -2.23. The number of halogens is 2. The van der Waals surface area contributed by atoms with Gasteiger partial charge in [0, 0.05) is 35.3 Å². The van der Waals surface area contributed by atoms with Crippen molar-refractivity contribution in [3.05, 3.63) is 70.1 Å². The van der Waals surface area contributed by atoms with E-state index in [0.29, 0.717) is 16.4 Å². The third-order valence-electron chi connectivity index (χ3n) is 4.82. The Labute approximate surface area is 175 Å². The second kappa shape index (κ2) is 7.68. The zero-order valence-corrected chi connectivity index (χ0v) is 16.6. The summed E-state index contributed by atoms with van der Waals surface area (Å²) in [6, 6.07) is 9.09. The molecule has 8 nitrogen and oxygen atoms in total. The van der Waals surface area contributed by atoms with Crippen molar-refractivity contribution in [2.24, 2.45) is 7.05 Å². The van der Waals surface area contributed by atoms with Gasteiger partial charge in [0.25, 0.3) is 5.91 Å². The van der Waals surface area contributed by atoms with Crippen molar-refractivity contribution in [2.45, 2.75) is 13.1 Å². The standard InChI is InChI=1S/C20H17ClFN5O3/c1-26-18-13(9-24-26)10-27(17-5-4-14(21)7-16(17)25-18)19(28)11-2-3-12(15(22)6-11)8-23-20(29)30/h2-7,9,23,25H,8,10H2,1H3,(H,29,30). The van der Waals surface area contributed by atoms with Gasteiger partial charge in [-0.2, -0.15) is 5.10 Å². The fourth-order valence-electron chi connectivity index (χ4n) is 3.32. The third-order valence-corrected chi connectivity index (χ3v) is 5.06. The Kier molecular flexibility index (Phi) is 5.04. The second-order valence-corrected chi connectivity index (χ2v) is 7.22. The Hall–Kier alpha value is -3.59. The van der Waals surface area contributed by atoms with E-state index in [0.717, 1.165) is 17.4 Å². The van der Waals surface area contributed by atoms with Crippen LogP contribution in [0.1, 0.15) is 21.5 Å². The van der Waals surface area contributed by atoms with Crippen LogP contribution in [0.4, 0.5) is 26.4 Å². The Morgan fingerprint density at radius 1 is 1.30 bits per heavy atom. The number of amides is 2. The number of nitrogens with one attached hydrogen (secondary N) is 2. The van der Waals surface area contributed by atoms with Gasteiger partial charge in [-0.15, -0.1) is 0 Å². The van der Waals surface area contributed by atoms with Gasteiger partial charge in [0.2, 0.25) is 0 Å². The molecule has 3 N–H and O–H groups in total. The molecular formula is C20H17ClFN5O3. The van der Waals surface area contributed by atoms with Gasteiger partial charge in [0.05, 0.1) is 24.1 Å². The summed E-state index contributed by atoms with van der Waals surface area (Å²) in [6.07, 6.45) is 0.409. The van der Waals surface area contributed by atoms with Crippen molar-refractivity contribution in [3.8, 4) is 0 Å². The summed E-state index contributed by atoms with van der Waals surface area (Å²) in [7, 11) is 1.78. The molecule has 2 heterocycles. The second-order valence-electron chi connectivity index (χ2n) is 6.78. The Morgan fingerprint density at radius 2 is 2.10 bits per heavy atom. The smallest absolute Gasteiger partial charge is 0.404 e. The summed E-state index contributed by atoms with van der Waals surface area (Å²) >= 11 is 6.14. The van der Waals surface area contributed by atoms with Gasteiger partial charge in [-0.3, -0.25) is 9.48 Å². The van der Waals surface area contributed by atoms with Crippen LogP contribution in [-0.2, 0) is 20.1 Å². The number of rotatable bonds is 3. The van der Waals surface area contributed by atoms with Gasteiger partial charge >= 0.3 is 6.09 Å².